The molecule has 2 rings (SSSR count). The summed E-state index contributed by atoms with van der Waals surface area (Å²) >= 11 is 3.54. The molecule has 2 N–H and O–H groups in total. The van der Waals surface area contributed by atoms with Crippen LogP contribution < -0.4 is 10.5 Å². The van der Waals surface area contributed by atoms with Crippen molar-refractivity contribution in [1.82, 2.24) is 4.90 Å². The summed E-state index contributed by atoms with van der Waals surface area (Å²) in [6.07, 6.45) is 0.988. The number of halogens is 1. The zero-order valence-corrected chi connectivity index (χ0v) is 14.4. The smallest absolute Gasteiger partial charge is 0.119 e. The Bertz CT molecular complexity index is 454. The third kappa shape index (κ3) is 4.95. The number of ether oxygens (including phenoxy) is 2. The summed E-state index contributed by atoms with van der Waals surface area (Å²) in [5.74, 6) is 0.881. The van der Waals surface area contributed by atoms with Gasteiger partial charge in [0, 0.05) is 23.6 Å². The minimum atomic E-state index is 0.141. The molecule has 1 heterocycles. The molecule has 0 aliphatic carbocycles. The van der Waals surface area contributed by atoms with Crippen LogP contribution in [0.5, 0.6) is 5.75 Å². The van der Waals surface area contributed by atoms with Gasteiger partial charge in [-0.3, -0.25) is 4.90 Å². The van der Waals surface area contributed by atoms with E-state index in [9.17, 15) is 0 Å². The highest BCUT2D eigenvalue weighted by Gasteiger charge is 2.22. The van der Waals surface area contributed by atoms with E-state index in [2.05, 4.69) is 40.7 Å². The van der Waals surface area contributed by atoms with Gasteiger partial charge in [0.15, 0.2) is 0 Å². The highest BCUT2D eigenvalue weighted by molar-refractivity contribution is 9.10. The molecular formula is C16H25BrN2O2. The van der Waals surface area contributed by atoms with Crippen molar-refractivity contribution in [2.75, 3.05) is 32.8 Å². The van der Waals surface area contributed by atoms with Gasteiger partial charge in [-0.1, -0.05) is 15.9 Å². The average Bonchev–Trinajstić information content (AvgIpc) is 2.48. The van der Waals surface area contributed by atoms with Crippen molar-refractivity contribution in [1.29, 1.82) is 0 Å². The summed E-state index contributed by atoms with van der Waals surface area (Å²) < 4.78 is 12.8. The fraction of sp³-hybridized carbons (Fsp3) is 0.625. The van der Waals surface area contributed by atoms with Gasteiger partial charge in [-0.05, 0) is 50.6 Å². The molecule has 0 aromatic heterocycles. The lowest BCUT2D eigenvalue weighted by Gasteiger charge is -2.35. The molecule has 1 unspecified atom stereocenters. The summed E-state index contributed by atoms with van der Waals surface area (Å²) in [4.78, 5) is 2.43. The number of nitrogens with zero attached hydrogens (tertiary/aromatic N) is 1. The Labute approximate surface area is 135 Å². The van der Waals surface area contributed by atoms with E-state index in [1.165, 1.54) is 5.56 Å². The topological polar surface area (TPSA) is 47.7 Å². The Morgan fingerprint density at radius 3 is 3.00 bits per heavy atom. The third-order valence-corrected chi connectivity index (χ3v) is 4.54. The van der Waals surface area contributed by atoms with Crippen molar-refractivity contribution >= 4 is 15.9 Å². The van der Waals surface area contributed by atoms with Gasteiger partial charge in [-0.15, -0.1) is 0 Å². The Balaban J connectivity index is 1.89. The molecule has 1 aliphatic rings. The number of hydrogen-bond donors (Lipinski definition) is 1. The van der Waals surface area contributed by atoms with E-state index in [4.69, 9.17) is 15.2 Å². The minimum absolute atomic E-state index is 0.141. The fourth-order valence-electron chi connectivity index (χ4n) is 2.49. The zero-order chi connectivity index (χ0) is 15.2. The van der Waals surface area contributed by atoms with Gasteiger partial charge in [0.05, 0.1) is 6.61 Å². The largest absolute Gasteiger partial charge is 0.491 e. The molecule has 0 bridgehead atoms. The average molecular weight is 357 g/mol. The van der Waals surface area contributed by atoms with E-state index in [0.29, 0.717) is 19.2 Å². The molecule has 118 valence electrons. The second-order valence-corrected chi connectivity index (χ2v) is 6.54. The lowest BCUT2D eigenvalue weighted by molar-refractivity contribution is -0.0564. The predicted molar refractivity (Wildman–Crippen MR) is 88.8 cm³/mol. The van der Waals surface area contributed by atoms with Crippen LogP contribution in [0.3, 0.4) is 0 Å². The Morgan fingerprint density at radius 2 is 2.29 bits per heavy atom. The van der Waals surface area contributed by atoms with Gasteiger partial charge >= 0.3 is 0 Å². The van der Waals surface area contributed by atoms with Crippen LogP contribution >= 0.6 is 15.9 Å². The first-order chi connectivity index (χ1) is 10.1. The molecule has 5 heteroatoms. The van der Waals surface area contributed by atoms with Gasteiger partial charge in [-0.2, -0.15) is 0 Å². The van der Waals surface area contributed by atoms with Crippen LogP contribution in [-0.2, 0) is 11.2 Å². The van der Waals surface area contributed by atoms with Crippen LogP contribution in [0.25, 0.3) is 0 Å². The van der Waals surface area contributed by atoms with Crippen LogP contribution in [0.2, 0.25) is 0 Å². The molecule has 1 aromatic rings. The Hall–Kier alpha value is -0.620. The van der Waals surface area contributed by atoms with Gasteiger partial charge in [0.1, 0.15) is 18.5 Å². The first-order valence-corrected chi connectivity index (χ1v) is 8.36. The highest BCUT2D eigenvalue weighted by atomic mass is 79.9. The van der Waals surface area contributed by atoms with Crippen molar-refractivity contribution < 1.29 is 9.47 Å². The molecule has 4 nitrogen and oxygen atoms in total. The maximum absolute atomic E-state index is 5.90. The molecule has 0 amide bonds. The molecule has 0 radical (unpaired) electrons. The van der Waals surface area contributed by atoms with E-state index < -0.39 is 0 Å². The molecule has 1 aromatic carbocycles. The Kier molecular flexibility index (Phi) is 6.48. The van der Waals surface area contributed by atoms with Crippen molar-refractivity contribution in [3.63, 3.8) is 0 Å². The van der Waals surface area contributed by atoms with Crippen molar-refractivity contribution in [3.8, 4) is 5.75 Å². The SMILES string of the molecule is CC(C)N1CCOC(COc2ccc(Br)c(CCN)c2)C1. The summed E-state index contributed by atoms with van der Waals surface area (Å²) in [7, 11) is 0. The summed E-state index contributed by atoms with van der Waals surface area (Å²) in [5, 5.41) is 0. The second kappa shape index (κ2) is 8.13. The zero-order valence-electron chi connectivity index (χ0n) is 12.8. The first kappa shape index (κ1) is 16.7. The van der Waals surface area contributed by atoms with E-state index in [0.717, 1.165) is 36.3 Å². The monoisotopic (exact) mass is 356 g/mol. The first-order valence-electron chi connectivity index (χ1n) is 7.57. The fourth-order valence-corrected chi connectivity index (χ4v) is 2.93. The third-order valence-electron chi connectivity index (χ3n) is 3.77. The molecule has 1 atom stereocenters. The highest BCUT2D eigenvalue weighted by Crippen LogP contribution is 2.23. The van der Waals surface area contributed by atoms with Gasteiger partial charge in [0.2, 0.25) is 0 Å². The van der Waals surface area contributed by atoms with Crippen LogP contribution in [0.1, 0.15) is 19.4 Å². The molecule has 0 saturated carbocycles. The van der Waals surface area contributed by atoms with E-state index >= 15 is 0 Å². The maximum Gasteiger partial charge on any atom is 0.119 e. The van der Waals surface area contributed by atoms with E-state index in [1.54, 1.807) is 0 Å². The summed E-state index contributed by atoms with van der Waals surface area (Å²) in [6, 6.07) is 6.61. The summed E-state index contributed by atoms with van der Waals surface area (Å²) in [5.41, 5.74) is 6.81. The second-order valence-electron chi connectivity index (χ2n) is 5.68. The number of hydrogen-bond acceptors (Lipinski definition) is 4. The van der Waals surface area contributed by atoms with Gasteiger partial charge in [-0.25, -0.2) is 0 Å². The van der Waals surface area contributed by atoms with E-state index in [-0.39, 0.29) is 6.10 Å². The van der Waals surface area contributed by atoms with Crippen LogP contribution in [0.4, 0.5) is 0 Å². The molecule has 1 fully saturated rings. The lowest BCUT2D eigenvalue weighted by Crippen LogP contribution is -2.47. The van der Waals surface area contributed by atoms with Crippen LogP contribution in [0, 0.1) is 0 Å². The number of nitrogens with two attached hydrogens (primary N) is 1. The van der Waals surface area contributed by atoms with E-state index in [1.807, 2.05) is 12.1 Å². The standard InChI is InChI=1S/C16H25BrN2O2/c1-12(2)19-7-8-20-15(10-19)11-21-14-3-4-16(17)13(9-14)5-6-18/h3-4,9,12,15H,5-8,10-11,18H2,1-2H3. The number of rotatable bonds is 6. The lowest BCUT2D eigenvalue weighted by atomic mass is 10.1. The predicted octanol–water partition coefficient (Wildman–Crippen LogP) is 2.44. The molecular weight excluding hydrogens is 332 g/mol. The molecule has 1 saturated heterocycles. The van der Waals surface area contributed by atoms with Crippen molar-refractivity contribution in [3.05, 3.63) is 28.2 Å². The Morgan fingerprint density at radius 1 is 1.48 bits per heavy atom. The van der Waals surface area contributed by atoms with Gasteiger partial charge < -0.3 is 15.2 Å². The molecule has 21 heavy (non-hydrogen) atoms. The van der Waals surface area contributed by atoms with Crippen molar-refractivity contribution in [2.45, 2.75) is 32.4 Å². The quantitative estimate of drug-likeness (QED) is 0.850. The summed E-state index contributed by atoms with van der Waals surface area (Å²) in [6.45, 7) is 8.39. The van der Waals surface area contributed by atoms with Crippen LogP contribution in [0.15, 0.2) is 22.7 Å². The maximum atomic E-state index is 5.90. The number of benzene rings is 1. The van der Waals surface area contributed by atoms with Crippen molar-refractivity contribution in [2.24, 2.45) is 5.73 Å². The normalized spacial score (nSPS) is 20.0. The number of morpholine rings is 1. The molecule has 0 spiro atoms. The minimum Gasteiger partial charge on any atom is -0.491 e. The van der Waals surface area contributed by atoms with Crippen LogP contribution in [-0.4, -0.2) is 49.9 Å². The van der Waals surface area contributed by atoms with Gasteiger partial charge in [0.25, 0.3) is 0 Å². The molecule has 1 aliphatic heterocycles.